The van der Waals surface area contributed by atoms with Gasteiger partial charge in [-0.2, -0.15) is 0 Å². The van der Waals surface area contributed by atoms with Crippen LogP contribution in [0.2, 0.25) is 0 Å². The molecule has 0 bridgehead atoms. The molecule has 14 nitrogen and oxygen atoms in total. The molecule has 1 saturated heterocycles. The Morgan fingerprint density at radius 3 is 1.95 bits per heavy atom. The number of non-ortho nitro benzene ring substituents is 1. The van der Waals surface area contributed by atoms with Crippen molar-refractivity contribution in [3.8, 4) is 5.75 Å². The normalized spacial score (nSPS) is 14.3. The number of nitro groups is 1. The molecule has 0 spiro atoms. The molecular weight excluding hydrogens is 745 g/mol. The van der Waals surface area contributed by atoms with Crippen molar-refractivity contribution in [2.45, 2.75) is 28.3 Å². The minimum Gasteiger partial charge on any atom is -0.508 e. The topological polar surface area (TPSA) is 193 Å². The monoisotopic (exact) mass is 780 g/mol. The number of sulfone groups is 2. The van der Waals surface area contributed by atoms with Gasteiger partial charge in [0.2, 0.25) is 15.7 Å². The second kappa shape index (κ2) is 15.4. The second-order valence-electron chi connectivity index (χ2n) is 13.2. The first kappa shape index (κ1) is 37.3. The van der Waals surface area contributed by atoms with Crippen molar-refractivity contribution in [3.63, 3.8) is 0 Å². The lowest BCUT2D eigenvalue weighted by atomic mass is 9.99. The Balaban J connectivity index is 1.17. The number of phenols is 1. The molecule has 4 aromatic carbocycles. The van der Waals surface area contributed by atoms with Crippen LogP contribution in [0.15, 0.2) is 126 Å². The Bertz CT molecular complexity index is 2620. The minimum atomic E-state index is -4.09. The Hall–Kier alpha value is -5.97. The maximum Gasteiger partial charge on any atom is 0.269 e. The number of fused-ring (bicyclic) bond motifs is 2. The molecule has 1 amide bonds. The molecule has 0 saturated carbocycles. The van der Waals surface area contributed by atoms with Gasteiger partial charge in [0.15, 0.2) is 19.9 Å². The molecule has 0 aliphatic carbocycles. The molecule has 16 heteroatoms. The van der Waals surface area contributed by atoms with E-state index in [1.54, 1.807) is 77.7 Å². The zero-order valence-corrected chi connectivity index (χ0v) is 31.0. The second-order valence-corrected chi connectivity index (χ2v) is 17.0. The van der Waals surface area contributed by atoms with Crippen molar-refractivity contribution in [2.75, 3.05) is 37.0 Å². The zero-order valence-electron chi connectivity index (χ0n) is 29.4. The molecule has 282 valence electrons. The molecule has 7 rings (SSSR count). The van der Waals surface area contributed by atoms with Crippen LogP contribution in [0.25, 0.3) is 21.5 Å². The first-order valence-electron chi connectivity index (χ1n) is 17.3. The molecule has 2 N–H and O–H groups in total. The SMILES string of the molecule is O=C(C(Cc1ccc(O)cc1CS(=O)(=O)c1nccc2ccccc12)NCS(=O)(=O)c1nccc2ccccc12)N1CCN(c2ccc([N+](=O)[O-])cc2)CC1. The van der Waals surface area contributed by atoms with E-state index in [0.29, 0.717) is 40.2 Å². The third-order valence-electron chi connectivity index (χ3n) is 9.66. The Morgan fingerprint density at radius 1 is 0.764 bits per heavy atom. The van der Waals surface area contributed by atoms with Gasteiger partial charge in [0.25, 0.3) is 5.69 Å². The van der Waals surface area contributed by atoms with Crippen molar-refractivity contribution in [1.82, 2.24) is 20.2 Å². The van der Waals surface area contributed by atoms with E-state index >= 15 is 0 Å². The van der Waals surface area contributed by atoms with Crippen LogP contribution in [0.5, 0.6) is 5.75 Å². The highest BCUT2D eigenvalue weighted by atomic mass is 32.2. The average molecular weight is 781 g/mol. The van der Waals surface area contributed by atoms with Crippen molar-refractivity contribution in [3.05, 3.63) is 137 Å². The maximum atomic E-state index is 14.3. The lowest BCUT2D eigenvalue weighted by Gasteiger charge is -2.37. The number of anilines is 1. The summed E-state index contributed by atoms with van der Waals surface area (Å²) < 4.78 is 55.4. The van der Waals surface area contributed by atoms with Crippen molar-refractivity contribution in [1.29, 1.82) is 0 Å². The van der Waals surface area contributed by atoms with E-state index < -0.39 is 48.2 Å². The Kier molecular flexibility index (Phi) is 10.5. The summed E-state index contributed by atoms with van der Waals surface area (Å²) in [5, 5.41) is 26.6. The van der Waals surface area contributed by atoms with Crippen LogP contribution in [0.1, 0.15) is 11.1 Å². The third kappa shape index (κ3) is 8.11. The lowest BCUT2D eigenvalue weighted by Crippen LogP contribution is -2.55. The molecule has 55 heavy (non-hydrogen) atoms. The number of nitrogens with one attached hydrogen (secondary N) is 1. The average Bonchev–Trinajstić information content (AvgIpc) is 3.19. The standard InChI is InChI=1S/C39H36N6O8S2/c46-33-14-9-29(30(23-33)25-54(50,51)37-34-7-3-1-5-27(34)15-17-40-37)24-36(42-26-55(52,53)38-35-8-4-2-6-28(35)16-18-41-38)39(47)44-21-19-43(20-22-44)31-10-12-32(13-11-31)45(48)49/h1-18,23,36,42,46H,19-22,24-26H2. The first-order chi connectivity index (χ1) is 26.4. The molecule has 3 heterocycles. The molecule has 1 aliphatic heterocycles. The number of piperazine rings is 1. The number of benzene rings is 4. The Morgan fingerprint density at radius 2 is 1.35 bits per heavy atom. The number of amides is 1. The molecule has 1 unspecified atom stereocenters. The minimum absolute atomic E-state index is 0.0325. The van der Waals surface area contributed by atoms with Crippen LogP contribution in [0, 0.1) is 10.1 Å². The summed E-state index contributed by atoms with van der Waals surface area (Å²) in [6.07, 6.45) is 2.73. The predicted octanol–water partition coefficient (Wildman–Crippen LogP) is 4.65. The third-order valence-corrected chi connectivity index (χ3v) is 12.7. The van der Waals surface area contributed by atoms with E-state index in [-0.39, 0.29) is 46.6 Å². The van der Waals surface area contributed by atoms with Gasteiger partial charge in [-0.15, -0.1) is 0 Å². The van der Waals surface area contributed by atoms with Gasteiger partial charge in [-0.1, -0.05) is 54.6 Å². The highest BCUT2D eigenvalue weighted by Crippen LogP contribution is 2.28. The molecule has 1 fully saturated rings. The van der Waals surface area contributed by atoms with Crippen molar-refractivity contribution in [2.24, 2.45) is 0 Å². The molecule has 2 aromatic heterocycles. The number of aromatic nitrogens is 2. The van der Waals surface area contributed by atoms with Crippen LogP contribution >= 0.6 is 0 Å². The summed E-state index contributed by atoms with van der Waals surface area (Å²) in [5.74, 6) is -1.76. The summed E-state index contributed by atoms with van der Waals surface area (Å²) in [6, 6.07) is 26.6. The lowest BCUT2D eigenvalue weighted by molar-refractivity contribution is -0.384. The van der Waals surface area contributed by atoms with Crippen LogP contribution in [-0.2, 0) is 36.6 Å². The van der Waals surface area contributed by atoms with Gasteiger partial charge in [0.05, 0.1) is 16.7 Å². The van der Waals surface area contributed by atoms with Gasteiger partial charge in [-0.05, 0) is 64.7 Å². The number of nitrogens with zero attached hydrogens (tertiary/aromatic N) is 5. The summed E-state index contributed by atoms with van der Waals surface area (Å²) in [5.41, 5.74) is 1.38. The number of carbonyl (C=O) groups excluding carboxylic acids is 1. The smallest absolute Gasteiger partial charge is 0.269 e. The van der Waals surface area contributed by atoms with E-state index in [2.05, 4.69) is 15.3 Å². The van der Waals surface area contributed by atoms with Gasteiger partial charge < -0.3 is 14.9 Å². The van der Waals surface area contributed by atoms with E-state index in [1.165, 1.54) is 42.7 Å². The fourth-order valence-corrected chi connectivity index (χ4v) is 9.69. The predicted molar refractivity (Wildman–Crippen MR) is 207 cm³/mol. The van der Waals surface area contributed by atoms with E-state index in [0.717, 1.165) is 5.69 Å². The number of hydrogen-bond donors (Lipinski definition) is 2. The van der Waals surface area contributed by atoms with E-state index in [4.69, 9.17) is 0 Å². The number of aromatic hydroxyl groups is 1. The van der Waals surface area contributed by atoms with Crippen molar-refractivity contribution < 1.29 is 31.7 Å². The summed E-state index contributed by atoms with van der Waals surface area (Å²) in [6.45, 7) is 1.37. The van der Waals surface area contributed by atoms with Crippen LogP contribution in [-0.4, -0.2) is 85.7 Å². The quantitative estimate of drug-likeness (QED) is 0.129. The van der Waals surface area contributed by atoms with E-state index in [1.807, 2.05) is 4.90 Å². The fourth-order valence-electron chi connectivity index (χ4n) is 6.83. The summed E-state index contributed by atoms with van der Waals surface area (Å²) in [7, 11) is -8.16. The van der Waals surface area contributed by atoms with Crippen molar-refractivity contribution >= 4 is 58.5 Å². The number of phenolic OH excluding ortho intramolecular Hbond substituents is 1. The van der Waals surface area contributed by atoms with Crippen LogP contribution < -0.4 is 10.2 Å². The van der Waals surface area contributed by atoms with Gasteiger partial charge in [0, 0.05) is 67.2 Å². The summed E-state index contributed by atoms with van der Waals surface area (Å²) >= 11 is 0. The van der Waals surface area contributed by atoms with Crippen LogP contribution in [0.4, 0.5) is 11.4 Å². The number of carbonyl (C=O) groups is 1. The van der Waals surface area contributed by atoms with Gasteiger partial charge >= 0.3 is 0 Å². The highest BCUT2D eigenvalue weighted by Gasteiger charge is 2.31. The largest absolute Gasteiger partial charge is 0.508 e. The zero-order chi connectivity index (χ0) is 38.7. The van der Waals surface area contributed by atoms with E-state index in [9.17, 15) is 36.9 Å². The van der Waals surface area contributed by atoms with Gasteiger partial charge in [-0.25, -0.2) is 26.8 Å². The van der Waals surface area contributed by atoms with Gasteiger partial charge in [-0.3, -0.25) is 20.2 Å². The highest BCUT2D eigenvalue weighted by molar-refractivity contribution is 7.91. The van der Waals surface area contributed by atoms with Gasteiger partial charge in [0.1, 0.15) is 11.6 Å². The number of pyridine rings is 2. The molecule has 6 aromatic rings. The molecule has 1 aliphatic rings. The molecular formula is C39H36N6O8S2. The van der Waals surface area contributed by atoms with Crippen LogP contribution in [0.3, 0.4) is 0 Å². The number of rotatable bonds is 12. The summed E-state index contributed by atoms with van der Waals surface area (Å²) in [4.78, 5) is 37.0. The number of hydrogen-bond acceptors (Lipinski definition) is 12. The maximum absolute atomic E-state index is 14.3. The molecule has 0 radical (unpaired) electrons. The first-order valence-corrected chi connectivity index (χ1v) is 20.7. The number of nitro benzene ring substituents is 1. The Labute approximate surface area is 317 Å². The fraction of sp³-hybridized carbons (Fsp3) is 0.205. The molecule has 1 atom stereocenters.